The summed E-state index contributed by atoms with van der Waals surface area (Å²) in [5.74, 6) is 1.28. The van der Waals surface area contributed by atoms with Crippen LogP contribution in [0.3, 0.4) is 0 Å². The third-order valence-corrected chi connectivity index (χ3v) is 12.3. The Kier molecular flexibility index (Phi) is 5.13. The summed E-state index contributed by atoms with van der Waals surface area (Å²) in [5.41, 5.74) is 0.518. The molecule has 6 rings (SSSR count). The van der Waals surface area contributed by atoms with E-state index in [1.807, 2.05) is 6.92 Å². The normalized spacial score (nSPS) is 56.1. The van der Waals surface area contributed by atoms with Gasteiger partial charge in [-0.25, -0.2) is 0 Å². The number of rotatable bonds is 1. The van der Waals surface area contributed by atoms with Crippen LogP contribution in [0.5, 0.6) is 0 Å². The van der Waals surface area contributed by atoms with E-state index in [-0.39, 0.29) is 40.5 Å². The van der Waals surface area contributed by atoms with E-state index in [0.717, 1.165) is 44.9 Å². The fourth-order valence-electron chi connectivity index (χ4n) is 10.3. The van der Waals surface area contributed by atoms with Crippen LogP contribution < -0.4 is 0 Å². The van der Waals surface area contributed by atoms with Crippen molar-refractivity contribution in [1.29, 1.82) is 0 Å². The number of ether oxygens (including phenoxy) is 3. The number of fused-ring (bicyclic) bond motifs is 7. The molecule has 0 aromatic carbocycles. The van der Waals surface area contributed by atoms with E-state index in [4.69, 9.17) is 14.2 Å². The highest BCUT2D eigenvalue weighted by atomic mass is 16.7. The van der Waals surface area contributed by atoms with Crippen molar-refractivity contribution in [2.24, 2.45) is 40.4 Å². The smallest absolute Gasteiger partial charge is 0.302 e. The van der Waals surface area contributed by atoms with Gasteiger partial charge in [-0.05, 0) is 93.8 Å². The molecule has 6 aliphatic rings. The van der Waals surface area contributed by atoms with Crippen LogP contribution in [0.4, 0.5) is 0 Å². The van der Waals surface area contributed by atoms with Crippen LogP contribution in [0.25, 0.3) is 0 Å². The third kappa shape index (κ3) is 3.13. The minimum Gasteiger partial charge on any atom is -0.462 e. The fraction of sp³-hybridized carbons (Fsp3) is 0.900. The van der Waals surface area contributed by atoms with Gasteiger partial charge in [-0.1, -0.05) is 32.4 Å². The van der Waals surface area contributed by atoms with Gasteiger partial charge in [-0.15, -0.1) is 0 Å². The topological polar surface area (TPSA) is 65.0 Å². The van der Waals surface area contributed by atoms with Gasteiger partial charge in [0, 0.05) is 25.7 Å². The number of carbonyl (C=O) groups is 1. The molecule has 0 bridgehead atoms. The Labute approximate surface area is 211 Å². The van der Waals surface area contributed by atoms with Gasteiger partial charge in [0.1, 0.15) is 11.7 Å². The van der Waals surface area contributed by atoms with Gasteiger partial charge in [0.05, 0.1) is 11.7 Å². The summed E-state index contributed by atoms with van der Waals surface area (Å²) in [7, 11) is 0. The zero-order valence-corrected chi connectivity index (χ0v) is 22.9. The summed E-state index contributed by atoms with van der Waals surface area (Å²) >= 11 is 0. The van der Waals surface area contributed by atoms with Crippen LogP contribution >= 0.6 is 0 Å². The molecule has 1 spiro atoms. The van der Waals surface area contributed by atoms with Crippen LogP contribution in [-0.2, 0) is 19.0 Å². The number of allylic oxidation sites excluding steroid dienone is 1. The van der Waals surface area contributed by atoms with Gasteiger partial charge in [0.2, 0.25) is 0 Å². The predicted molar refractivity (Wildman–Crippen MR) is 133 cm³/mol. The zero-order valence-electron chi connectivity index (χ0n) is 22.9. The molecule has 5 fully saturated rings. The highest BCUT2D eigenvalue weighted by Crippen LogP contribution is 2.72. The highest BCUT2D eigenvalue weighted by Gasteiger charge is 2.76. The van der Waals surface area contributed by atoms with Crippen molar-refractivity contribution in [3.05, 3.63) is 11.6 Å². The Morgan fingerprint density at radius 3 is 2.51 bits per heavy atom. The van der Waals surface area contributed by atoms with Crippen molar-refractivity contribution >= 4 is 5.97 Å². The van der Waals surface area contributed by atoms with E-state index >= 15 is 0 Å². The van der Waals surface area contributed by atoms with Crippen LogP contribution in [0.1, 0.15) is 99.8 Å². The number of hydrogen-bond acceptors (Lipinski definition) is 5. The first kappa shape index (κ1) is 24.4. The second-order valence-electron chi connectivity index (χ2n) is 14.4. The van der Waals surface area contributed by atoms with E-state index in [1.54, 1.807) is 0 Å². The van der Waals surface area contributed by atoms with Crippen molar-refractivity contribution in [2.45, 2.75) is 129 Å². The van der Waals surface area contributed by atoms with Crippen molar-refractivity contribution in [3.63, 3.8) is 0 Å². The molecule has 0 aromatic rings. The number of esters is 1. The van der Waals surface area contributed by atoms with Crippen molar-refractivity contribution in [3.8, 4) is 0 Å². The minimum atomic E-state index is -0.988. The first-order valence-corrected chi connectivity index (χ1v) is 14.2. The lowest BCUT2D eigenvalue weighted by Crippen LogP contribution is -2.58. The molecule has 11 atom stereocenters. The lowest BCUT2D eigenvalue weighted by Gasteiger charge is -2.59. The molecule has 1 N–H and O–H groups in total. The maximum Gasteiger partial charge on any atom is 0.302 e. The van der Waals surface area contributed by atoms with E-state index < -0.39 is 11.4 Å². The Hall–Kier alpha value is -0.910. The standard InChI is InChI=1S/C30H46O5/c1-17-16-30(35-26(17,3)4)29(7,32)25-24(34-30)15-23-21-9-8-19-14-20(33-18(2)31)10-12-27(19,5)22(21)11-13-28(23,25)6/h8,17,20-25,32H,9-16H2,1-7H3/t17-,20-,21?,22?,23?,24-,25-,27-,28-,29+,30-/m0/s1. The second-order valence-corrected chi connectivity index (χ2v) is 14.4. The highest BCUT2D eigenvalue weighted by molar-refractivity contribution is 5.66. The monoisotopic (exact) mass is 486 g/mol. The lowest BCUT2D eigenvalue weighted by atomic mass is 9.46. The molecule has 2 saturated heterocycles. The Morgan fingerprint density at radius 1 is 1.11 bits per heavy atom. The molecule has 0 amide bonds. The van der Waals surface area contributed by atoms with Gasteiger partial charge >= 0.3 is 5.97 Å². The third-order valence-electron chi connectivity index (χ3n) is 12.3. The first-order valence-electron chi connectivity index (χ1n) is 14.2. The average Bonchev–Trinajstić information content (AvgIpc) is 3.25. The van der Waals surface area contributed by atoms with Gasteiger partial charge in [-0.2, -0.15) is 0 Å². The van der Waals surface area contributed by atoms with E-state index in [9.17, 15) is 9.90 Å². The molecule has 196 valence electrons. The van der Waals surface area contributed by atoms with Crippen molar-refractivity contribution in [1.82, 2.24) is 0 Å². The van der Waals surface area contributed by atoms with Crippen molar-refractivity contribution < 1.29 is 24.1 Å². The van der Waals surface area contributed by atoms with Crippen LogP contribution in [-0.4, -0.2) is 40.3 Å². The molecule has 0 radical (unpaired) electrons. The van der Waals surface area contributed by atoms with E-state index in [0.29, 0.717) is 23.7 Å². The zero-order chi connectivity index (χ0) is 25.2. The summed E-state index contributed by atoms with van der Waals surface area (Å²) in [5, 5.41) is 12.2. The van der Waals surface area contributed by atoms with Gasteiger partial charge in [0.15, 0.2) is 5.79 Å². The molecule has 3 saturated carbocycles. The Bertz CT molecular complexity index is 952. The molecule has 3 unspecified atom stereocenters. The van der Waals surface area contributed by atoms with Crippen molar-refractivity contribution in [2.75, 3.05) is 0 Å². The summed E-state index contributed by atoms with van der Waals surface area (Å²) in [6, 6.07) is 0. The summed E-state index contributed by atoms with van der Waals surface area (Å²) < 4.78 is 19.0. The molecule has 5 heteroatoms. The quantitative estimate of drug-likeness (QED) is 0.375. The molecular formula is C30H46O5. The molecular weight excluding hydrogens is 440 g/mol. The molecule has 4 aliphatic carbocycles. The largest absolute Gasteiger partial charge is 0.462 e. The molecule has 5 nitrogen and oxygen atoms in total. The second kappa shape index (κ2) is 7.35. The predicted octanol–water partition coefficient (Wildman–Crippen LogP) is 5.79. The summed E-state index contributed by atoms with van der Waals surface area (Å²) in [6.45, 7) is 15.0. The van der Waals surface area contributed by atoms with Gasteiger partial charge in [-0.3, -0.25) is 4.79 Å². The van der Waals surface area contributed by atoms with Crippen LogP contribution in [0.15, 0.2) is 11.6 Å². The molecule has 2 aliphatic heterocycles. The van der Waals surface area contributed by atoms with Crippen LogP contribution in [0, 0.1) is 40.4 Å². The minimum absolute atomic E-state index is 0.0424. The first-order chi connectivity index (χ1) is 16.2. The van der Waals surface area contributed by atoms with Gasteiger partial charge < -0.3 is 19.3 Å². The lowest BCUT2D eigenvalue weighted by molar-refractivity contribution is -0.298. The average molecular weight is 487 g/mol. The maximum absolute atomic E-state index is 12.2. The van der Waals surface area contributed by atoms with E-state index in [1.165, 1.54) is 18.9 Å². The molecule has 35 heavy (non-hydrogen) atoms. The fourth-order valence-corrected chi connectivity index (χ4v) is 10.3. The molecule has 2 heterocycles. The molecule has 0 aromatic heterocycles. The maximum atomic E-state index is 12.2. The van der Waals surface area contributed by atoms with Crippen LogP contribution in [0.2, 0.25) is 0 Å². The SMILES string of the molecule is CC(=O)O[C@H]1CC[C@@]2(C)C(=CCC3C2CC[C@@]2(C)C3C[C@@H]3O[C@]4(C[C@H](C)C(C)(C)O4)[C@](C)(O)[C@@H]32)C1. The number of carbonyl (C=O) groups excluding carboxylic acids is 1. The number of aliphatic hydroxyl groups is 1. The van der Waals surface area contributed by atoms with E-state index in [2.05, 4.69) is 40.7 Å². The Morgan fingerprint density at radius 2 is 1.86 bits per heavy atom. The summed E-state index contributed by atoms with van der Waals surface area (Å²) in [6.07, 6.45) is 10.8. The number of hydrogen-bond donors (Lipinski definition) is 1. The van der Waals surface area contributed by atoms with Gasteiger partial charge in [0.25, 0.3) is 0 Å². The summed E-state index contributed by atoms with van der Waals surface area (Å²) in [4.78, 5) is 11.6. The Balaban J connectivity index is 1.28.